The summed E-state index contributed by atoms with van der Waals surface area (Å²) in [6.07, 6.45) is -0.637. The molecule has 0 aromatic rings. The van der Waals surface area contributed by atoms with Crippen molar-refractivity contribution in [1.29, 1.82) is 0 Å². The minimum atomic E-state index is -5.69. The van der Waals surface area contributed by atoms with E-state index in [9.17, 15) is 26.4 Å². The van der Waals surface area contributed by atoms with Crippen LogP contribution in [0.25, 0.3) is 0 Å². The molecule has 84 valence electrons. The standard InChI is InChI=1S/C5H6F3NO4S.Li.H/c1-2-3-13-4(10)9-14(11,12)5(6,7)8;;/h2H,1,3H2,(H,9,10);;/q;+1;-1. The number of hydrogen-bond acceptors (Lipinski definition) is 4. The monoisotopic (exact) mass is 241 g/mol. The first-order valence-corrected chi connectivity index (χ1v) is 4.56. The second-order valence-corrected chi connectivity index (χ2v) is 3.61. The maximum Gasteiger partial charge on any atom is 1.00 e. The zero-order valence-corrected chi connectivity index (χ0v) is 8.48. The number of nitrogens with one attached hydrogen (secondary N) is 1. The maximum absolute atomic E-state index is 11.6. The summed E-state index contributed by atoms with van der Waals surface area (Å²) in [6, 6.07) is 0. The topological polar surface area (TPSA) is 72.5 Å². The summed E-state index contributed by atoms with van der Waals surface area (Å²) in [5.74, 6) is 0. The predicted molar refractivity (Wildman–Crippen MR) is 40.8 cm³/mol. The third-order valence-corrected chi connectivity index (χ3v) is 1.90. The van der Waals surface area contributed by atoms with E-state index >= 15 is 0 Å². The van der Waals surface area contributed by atoms with Gasteiger partial charge in [0, 0.05) is 0 Å². The van der Waals surface area contributed by atoms with Gasteiger partial charge in [-0.15, -0.1) is 0 Å². The van der Waals surface area contributed by atoms with Gasteiger partial charge in [0.25, 0.3) is 0 Å². The number of carbonyl (C=O) groups excluding carboxylic acids is 1. The molecule has 0 aliphatic carbocycles. The molecule has 1 N–H and O–H groups in total. The predicted octanol–water partition coefficient (Wildman–Crippen LogP) is -2.14. The molecule has 0 aromatic carbocycles. The van der Waals surface area contributed by atoms with Gasteiger partial charge >= 0.3 is 40.5 Å². The van der Waals surface area contributed by atoms with E-state index in [1.165, 1.54) is 0 Å². The molecule has 1 amide bonds. The van der Waals surface area contributed by atoms with E-state index in [2.05, 4.69) is 11.3 Å². The second kappa shape index (κ2) is 6.05. The zero-order chi connectivity index (χ0) is 11.4. The molecule has 0 atom stereocenters. The molecule has 0 fully saturated rings. The van der Waals surface area contributed by atoms with Crippen LogP contribution in [0.4, 0.5) is 18.0 Å². The van der Waals surface area contributed by atoms with Crippen molar-refractivity contribution in [1.82, 2.24) is 4.72 Å². The number of amides is 1. The summed E-state index contributed by atoms with van der Waals surface area (Å²) in [4.78, 5) is 10.4. The molecule has 0 rings (SSSR count). The molecule has 0 radical (unpaired) electrons. The zero-order valence-electron chi connectivity index (χ0n) is 8.67. The fourth-order valence-corrected chi connectivity index (χ4v) is 0.726. The van der Waals surface area contributed by atoms with Crippen molar-refractivity contribution in [3.8, 4) is 0 Å². The number of alkyl halides is 3. The van der Waals surface area contributed by atoms with Crippen LogP contribution in [0.15, 0.2) is 12.7 Å². The Bertz CT molecular complexity index is 331. The first kappa shape index (κ1) is 16.8. The van der Waals surface area contributed by atoms with Crippen molar-refractivity contribution < 1.29 is 51.4 Å². The minimum absolute atomic E-state index is 0. The summed E-state index contributed by atoms with van der Waals surface area (Å²) in [5, 5.41) is 0. The van der Waals surface area contributed by atoms with Crippen LogP contribution in [-0.4, -0.2) is 26.6 Å². The van der Waals surface area contributed by atoms with Gasteiger partial charge in [-0.3, -0.25) is 0 Å². The van der Waals surface area contributed by atoms with E-state index in [1.54, 1.807) is 0 Å². The Labute approximate surface area is 97.4 Å². The largest absolute Gasteiger partial charge is 1.00 e. The number of carbonyl (C=O) groups is 1. The molecule has 0 aliphatic heterocycles. The normalized spacial score (nSPS) is 11.1. The molecular weight excluding hydrogens is 234 g/mol. The van der Waals surface area contributed by atoms with Crippen LogP contribution in [0.1, 0.15) is 1.43 Å². The van der Waals surface area contributed by atoms with Gasteiger partial charge in [0.2, 0.25) is 0 Å². The molecule has 0 aromatic heterocycles. The molecular formula is C5H7F3LiNO4S. The smallest absolute Gasteiger partial charge is 1.00 e. The molecule has 5 nitrogen and oxygen atoms in total. The second-order valence-electron chi connectivity index (χ2n) is 1.94. The molecule has 0 heterocycles. The SMILES string of the molecule is C=CCOC(=O)NS(=O)(=O)C(F)(F)F.[H-].[Li+]. The van der Waals surface area contributed by atoms with E-state index in [-0.39, 0.29) is 26.9 Å². The Hall–Kier alpha value is -0.653. The first-order chi connectivity index (χ1) is 6.20. The van der Waals surface area contributed by atoms with E-state index in [4.69, 9.17) is 0 Å². The number of hydrogen-bond donors (Lipinski definition) is 1. The van der Waals surface area contributed by atoms with Crippen molar-refractivity contribution in [2.75, 3.05) is 6.61 Å². The van der Waals surface area contributed by atoms with Crippen LogP contribution in [0.2, 0.25) is 0 Å². The quantitative estimate of drug-likeness (QED) is 0.452. The summed E-state index contributed by atoms with van der Waals surface area (Å²) < 4.78 is 60.1. The Morgan fingerprint density at radius 1 is 1.53 bits per heavy atom. The average Bonchev–Trinajstić information content (AvgIpc) is 1.97. The first-order valence-electron chi connectivity index (χ1n) is 3.07. The van der Waals surface area contributed by atoms with Crippen LogP contribution in [-0.2, 0) is 14.8 Å². The minimum Gasteiger partial charge on any atom is -1.00 e. The van der Waals surface area contributed by atoms with Crippen LogP contribution < -0.4 is 23.6 Å². The van der Waals surface area contributed by atoms with Crippen molar-refractivity contribution in [3.63, 3.8) is 0 Å². The van der Waals surface area contributed by atoms with Gasteiger partial charge in [-0.2, -0.15) is 21.6 Å². The average molecular weight is 241 g/mol. The van der Waals surface area contributed by atoms with Gasteiger partial charge in [-0.25, -0.2) is 9.52 Å². The number of ether oxygens (including phenoxy) is 1. The Kier molecular flexibility index (Phi) is 6.76. The third kappa shape index (κ3) is 5.71. The summed E-state index contributed by atoms with van der Waals surface area (Å²) in [5.41, 5.74) is -5.54. The van der Waals surface area contributed by atoms with Gasteiger partial charge < -0.3 is 6.16 Å². The molecule has 0 spiro atoms. The van der Waals surface area contributed by atoms with Crippen LogP contribution in [0.5, 0.6) is 0 Å². The van der Waals surface area contributed by atoms with Crippen LogP contribution in [0, 0.1) is 0 Å². The van der Waals surface area contributed by atoms with Gasteiger partial charge in [-0.05, 0) is 0 Å². The maximum atomic E-state index is 11.6. The van der Waals surface area contributed by atoms with Crippen LogP contribution in [0.3, 0.4) is 0 Å². The van der Waals surface area contributed by atoms with Gasteiger partial charge in [0.05, 0.1) is 0 Å². The molecule has 0 saturated heterocycles. The van der Waals surface area contributed by atoms with Gasteiger partial charge in [0.15, 0.2) is 0 Å². The van der Waals surface area contributed by atoms with Crippen molar-refractivity contribution in [2.45, 2.75) is 5.51 Å². The number of sulfonamides is 1. The molecule has 10 heteroatoms. The summed E-state index contributed by atoms with van der Waals surface area (Å²) >= 11 is 0. The number of rotatable bonds is 3. The molecule has 0 aliphatic rings. The number of halogens is 3. The van der Waals surface area contributed by atoms with E-state index in [0.29, 0.717) is 4.72 Å². The van der Waals surface area contributed by atoms with Crippen molar-refractivity contribution in [3.05, 3.63) is 12.7 Å². The Morgan fingerprint density at radius 3 is 2.33 bits per heavy atom. The molecule has 0 saturated carbocycles. The summed E-state index contributed by atoms with van der Waals surface area (Å²) in [7, 11) is -5.69. The molecule has 15 heavy (non-hydrogen) atoms. The van der Waals surface area contributed by atoms with Gasteiger partial charge in [0.1, 0.15) is 6.61 Å². The molecule has 0 unspecified atom stereocenters. The fourth-order valence-electron chi connectivity index (χ4n) is 0.332. The fraction of sp³-hybridized carbons (Fsp3) is 0.400. The van der Waals surface area contributed by atoms with Crippen molar-refractivity contribution in [2.24, 2.45) is 0 Å². The third-order valence-electron chi connectivity index (χ3n) is 0.855. The Morgan fingerprint density at radius 2 is 2.00 bits per heavy atom. The van der Waals surface area contributed by atoms with E-state index in [1.807, 2.05) is 0 Å². The van der Waals surface area contributed by atoms with E-state index < -0.39 is 21.6 Å². The summed E-state index contributed by atoms with van der Waals surface area (Å²) in [6.45, 7) is 2.71. The van der Waals surface area contributed by atoms with Crippen LogP contribution >= 0.6 is 0 Å². The molecule has 0 bridgehead atoms. The Balaban J connectivity index is -0.000000845. The van der Waals surface area contributed by atoms with E-state index in [0.717, 1.165) is 6.08 Å². The van der Waals surface area contributed by atoms with Gasteiger partial charge in [-0.1, -0.05) is 12.7 Å². The van der Waals surface area contributed by atoms with Crippen molar-refractivity contribution >= 4 is 16.1 Å².